The molecule has 0 aliphatic carbocycles. The maximum Gasteiger partial charge on any atom is 0.246 e. The lowest BCUT2D eigenvalue weighted by Gasteiger charge is -2.34. The minimum atomic E-state index is -0.0214. The molecule has 2 rings (SSSR count). The van der Waals surface area contributed by atoms with Gasteiger partial charge in [-0.1, -0.05) is 12.1 Å². The van der Waals surface area contributed by atoms with Crippen molar-refractivity contribution < 1.29 is 19.0 Å². The van der Waals surface area contributed by atoms with E-state index in [9.17, 15) is 4.79 Å². The number of hydrogen-bond acceptors (Lipinski definition) is 4. The predicted octanol–water partition coefficient (Wildman–Crippen LogP) is 2.35. The monoisotopic (exact) mass is 305 g/mol. The summed E-state index contributed by atoms with van der Waals surface area (Å²) >= 11 is 0. The average Bonchev–Trinajstić information content (AvgIpc) is 2.50. The van der Waals surface area contributed by atoms with E-state index in [4.69, 9.17) is 14.2 Å². The maximum absolute atomic E-state index is 12.3. The lowest BCUT2D eigenvalue weighted by molar-refractivity contribution is -0.137. The summed E-state index contributed by atoms with van der Waals surface area (Å²) in [5.41, 5.74) is 0.810. The number of carbonyl (C=O) groups is 1. The fraction of sp³-hybridized carbons (Fsp3) is 0.471. The van der Waals surface area contributed by atoms with Crippen LogP contribution in [0.5, 0.6) is 11.5 Å². The molecule has 1 aromatic carbocycles. The van der Waals surface area contributed by atoms with Crippen LogP contribution < -0.4 is 9.47 Å². The van der Waals surface area contributed by atoms with E-state index in [1.807, 2.05) is 36.9 Å². The zero-order valence-electron chi connectivity index (χ0n) is 13.5. The highest BCUT2D eigenvalue weighted by molar-refractivity contribution is 5.92. The Morgan fingerprint density at radius 2 is 1.91 bits per heavy atom. The van der Waals surface area contributed by atoms with Crippen molar-refractivity contribution in [2.45, 2.75) is 26.1 Å². The number of ether oxygens (including phenoxy) is 3. The Morgan fingerprint density at radius 3 is 2.50 bits per heavy atom. The number of carbonyl (C=O) groups excluding carboxylic acids is 1. The molecule has 1 aromatic rings. The molecule has 5 nitrogen and oxygen atoms in total. The van der Waals surface area contributed by atoms with E-state index < -0.39 is 0 Å². The second-order valence-electron chi connectivity index (χ2n) is 5.42. The molecule has 0 bridgehead atoms. The summed E-state index contributed by atoms with van der Waals surface area (Å²) in [5.74, 6) is 1.25. The molecule has 5 heteroatoms. The summed E-state index contributed by atoms with van der Waals surface area (Å²) in [7, 11) is 3.18. The summed E-state index contributed by atoms with van der Waals surface area (Å²) in [6.07, 6.45) is 3.45. The van der Waals surface area contributed by atoms with Gasteiger partial charge >= 0.3 is 0 Å². The van der Waals surface area contributed by atoms with Crippen LogP contribution in [-0.4, -0.2) is 50.3 Å². The Bertz CT molecular complexity index is 546. The van der Waals surface area contributed by atoms with Gasteiger partial charge in [0.2, 0.25) is 5.91 Å². The molecule has 1 saturated heterocycles. The third-order valence-corrected chi connectivity index (χ3v) is 3.57. The second-order valence-corrected chi connectivity index (χ2v) is 5.42. The van der Waals surface area contributed by atoms with Gasteiger partial charge in [0.1, 0.15) is 0 Å². The Labute approximate surface area is 131 Å². The first kappa shape index (κ1) is 16.4. The summed E-state index contributed by atoms with van der Waals surface area (Å²) in [4.78, 5) is 14.1. The van der Waals surface area contributed by atoms with Crippen molar-refractivity contribution in [1.29, 1.82) is 0 Å². The number of hydrogen-bond donors (Lipinski definition) is 0. The lowest BCUT2D eigenvalue weighted by atomic mass is 10.1. The molecule has 2 atom stereocenters. The second kappa shape index (κ2) is 7.31. The Balaban J connectivity index is 2.13. The molecule has 1 fully saturated rings. The minimum Gasteiger partial charge on any atom is -0.493 e. The van der Waals surface area contributed by atoms with Crippen LogP contribution in [0.2, 0.25) is 0 Å². The quantitative estimate of drug-likeness (QED) is 0.801. The molecular weight excluding hydrogens is 282 g/mol. The smallest absolute Gasteiger partial charge is 0.246 e. The van der Waals surface area contributed by atoms with Gasteiger partial charge in [0.15, 0.2) is 11.5 Å². The highest BCUT2D eigenvalue weighted by Crippen LogP contribution is 2.31. The fourth-order valence-corrected chi connectivity index (χ4v) is 2.67. The molecule has 1 heterocycles. The molecule has 120 valence electrons. The van der Waals surface area contributed by atoms with E-state index in [1.165, 1.54) is 0 Å². The van der Waals surface area contributed by atoms with E-state index in [0.717, 1.165) is 5.56 Å². The van der Waals surface area contributed by atoms with Crippen molar-refractivity contribution in [3.63, 3.8) is 0 Å². The van der Waals surface area contributed by atoms with E-state index in [0.29, 0.717) is 24.6 Å². The van der Waals surface area contributed by atoms with Crippen LogP contribution >= 0.6 is 0 Å². The van der Waals surface area contributed by atoms with Gasteiger partial charge in [0.25, 0.3) is 0 Å². The van der Waals surface area contributed by atoms with Gasteiger partial charge in [0, 0.05) is 24.7 Å². The van der Waals surface area contributed by atoms with Crippen molar-refractivity contribution in [3.05, 3.63) is 29.8 Å². The molecule has 1 aliphatic heterocycles. The molecular formula is C17H23NO4. The molecule has 1 amide bonds. The Kier molecular flexibility index (Phi) is 5.44. The standard InChI is InChI=1S/C17H23NO4/c1-12-10-18(11-13(2)22-12)16(19)9-8-14-6-5-7-15(20-3)17(14)21-4/h5-9,12-13H,10-11H2,1-4H3/b9-8+/t12-,13+. The van der Waals surface area contributed by atoms with Crippen LogP contribution in [0.4, 0.5) is 0 Å². The third-order valence-electron chi connectivity index (χ3n) is 3.57. The molecule has 0 radical (unpaired) electrons. The summed E-state index contributed by atoms with van der Waals surface area (Å²) in [5, 5.41) is 0. The van der Waals surface area contributed by atoms with Crippen LogP contribution in [0.1, 0.15) is 19.4 Å². The number of rotatable bonds is 4. The van der Waals surface area contributed by atoms with E-state index >= 15 is 0 Å². The number of benzene rings is 1. The molecule has 0 unspecified atom stereocenters. The highest BCUT2D eigenvalue weighted by Gasteiger charge is 2.24. The van der Waals surface area contributed by atoms with Gasteiger partial charge in [0.05, 0.1) is 26.4 Å². The summed E-state index contributed by atoms with van der Waals surface area (Å²) in [6.45, 7) is 5.18. The molecule has 0 spiro atoms. The van der Waals surface area contributed by atoms with E-state index in [-0.39, 0.29) is 18.1 Å². The SMILES string of the molecule is COc1cccc(/C=C/C(=O)N2C[C@@H](C)O[C@@H](C)C2)c1OC. The van der Waals surface area contributed by atoms with E-state index in [1.54, 1.807) is 26.4 Å². The van der Waals surface area contributed by atoms with Gasteiger partial charge in [-0.05, 0) is 26.0 Å². The van der Waals surface area contributed by atoms with Crippen molar-refractivity contribution in [2.75, 3.05) is 27.3 Å². The van der Waals surface area contributed by atoms with Crippen LogP contribution in [0, 0.1) is 0 Å². The first-order valence-electron chi connectivity index (χ1n) is 7.38. The van der Waals surface area contributed by atoms with E-state index in [2.05, 4.69) is 0 Å². The number of amides is 1. The normalized spacial score (nSPS) is 21.9. The lowest BCUT2D eigenvalue weighted by Crippen LogP contribution is -2.47. The molecule has 0 aromatic heterocycles. The fourth-order valence-electron chi connectivity index (χ4n) is 2.67. The summed E-state index contributed by atoms with van der Waals surface area (Å²) < 4.78 is 16.3. The van der Waals surface area contributed by atoms with Crippen molar-refractivity contribution in [3.8, 4) is 11.5 Å². The molecule has 0 N–H and O–H groups in total. The predicted molar refractivity (Wildman–Crippen MR) is 85.2 cm³/mol. The van der Waals surface area contributed by atoms with Gasteiger partial charge in [-0.3, -0.25) is 4.79 Å². The van der Waals surface area contributed by atoms with Gasteiger partial charge in [-0.15, -0.1) is 0 Å². The highest BCUT2D eigenvalue weighted by atomic mass is 16.5. The summed E-state index contributed by atoms with van der Waals surface area (Å²) in [6, 6.07) is 5.57. The maximum atomic E-state index is 12.3. The molecule has 0 saturated carbocycles. The van der Waals surface area contributed by atoms with Gasteiger partial charge in [-0.2, -0.15) is 0 Å². The number of morpholine rings is 1. The number of methoxy groups -OCH3 is 2. The first-order chi connectivity index (χ1) is 10.5. The van der Waals surface area contributed by atoms with Crippen molar-refractivity contribution in [2.24, 2.45) is 0 Å². The largest absolute Gasteiger partial charge is 0.493 e. The van der Waals surface area contributed by atoms with Crippen LogP contribution in [-0.2, 0) is 9.53 Å². The topological polar surface area (TPSA) is 48.0 Å². The van der Waals surface area contributed by atoms with Crippen molar-refractivity contribution >= 4 is 12.0 Å². The molecule has 1 aliphatic rings. The van der Waals surface area contributed by atoms with Crippen LogP contribution in [0.3, 0.4) is 0 Å². The van der Waals surface area contributed by atoms with Crippen LogP contribution in [0.15, 0.2) is 24.3 Å². The average molecular weight is 305 g/mol. The van der Waals surface area contributed by atoms with Crippen LogP contribution in [0.25, 0.3) is 6.08 Å². The minimum absolute atomic E-state index is 0.0214. The zero-order valence-corrected chi connectivity index (χ0v) is 13.5. The zero-order chi connectivity index (χ0) is 16.1. The third kappa shape index (κ3) is 3.80. The van der Waals surface area contributed by atoms with Gasteiger partial charge in [-0.25, -0.2) is 0 Å². The Hall–Kier alpha value is -2.01. The van der Waals surface area contributed by atoms with Gasteiger partial charge < -0.3 is 19.1 Å². The Morgan fingerprint density at radius 1 is 1.23 bits per heavy atom. The number of nitrogens with zero attached hydrogens (tertiary/aromatic N) is 1. The van der Waals surface area contributed by atoms with Crippen molar-refractivity contribution in [1.82, 2.24) is 4.90 Å². The molecule has 22 heavy (non-hydrogen) atoms. The first-order valence-corrected chi connectivity index (χ1v) is 7.38. The number of para-hydroxylation sites is 1.